The van der Waals surface area contributed by atoms with Crippen molar-refractivity contribution < 1.29 is 17.6 Å². The molecule has 31 heavy (non-hydrogen) atoms. The maximum atomic E-state index is 11.4. The second-order valence-electron chi connectivity index (χ2n) is 6.86. The van der Waals surface area contributed by atoms with E-state index in [1.165, 1.54) is 12.1 Å². The van der Waals surface area contributed by atoms with Crippen LogP contribution in [-0.4, -0.2) is 40.7 Å². The van der Waals surface area contributed by atoms with E-state index in [-0.39, 0.29) is 28.9 Å². The van der Waals surface area contributed by atoms with Gasteiger partial charge in [0.05, 0.1) is 17.7 Å². The average Bonchev–Trinajstić information content (AvgIpc) is 3.24. The molecule has 0 aliphatic heterocycles. The first-order chi connectivity index (χ1) is 14.5. The fourth-order valence-electron chi connectivity index (χ4n) is 2.62. The van der Waals surface area contributed by atoms with Gasteiger partial charge in [-0.05, 0) is 42.7 Å². The molecule has 2 rings (SSSR count). The lowest BCUT2D eigenvalue weighted by Crippen LogP contribution is -2.39. The number of aliphatic imine (C=N–C) groups is 1. The van der Waals surface area contributed by atoms with E-state index >= 15 is 0 Å². The Morgan fingerprint density at radius 3 is 2.45 bits per heavy atom. The molecule has 4 N–H and O–H groups in total. The second kappa shape index (κ2) is 15.2. The molecule has 0 amide bonds. The van der Waals surface area contributed by atoms with Crippen LogP contribution >= 0.6 is 24.0 Å². The maximum absolute atomic E-state index is 11.4. The first-order valence-corrected chi connectivity index (χ1v) is 11.8. The quantitative estimate of drug-likeness (QED) is 0.149. The van der Waals surface area contributed by atoms with Gasteiger partial charge in [-0.2, -0.15) is 0 Å². The summed E-state index contributed by atoms with van der Waals surface area (Å²) in [5, 5.41) is 11.7. The zero-order valence-electron chi connectivity index (χ0n) is 17.9. The highest BCUT2D eigenvalue weighted by molar-refractivity contribution is 14.0. The number of unbranched alkanes of at least 4 members (excludes halogenated alkanes) is 1. The number of hydrogen-bond donors (Lipinski definition) is 3. The Labute approximate surface area is 202 Å². The minimum absolute atomic E-state index is 0. The zero-order chi connectivity index (χ0) is 21.7. The molecule has 0 saturated heterocycles. The first-order valence-electron chi connectivity index (χ1n) is 10.2. The van der Waals surface area contributed by atoms with Crippen molar-refractivity contribution in [1.82, 2.24) is 10.6 Å². The van der Waals surface area contributed by atoms with E-state index in [1.807, 2.05) is 12.1 Å². The van der Waals surface area contributed by atoms with Crippen molar-refractivity contribution in [3.8, 4) is 0 Å². The van der Waals surface area contributed by atoms with Gasteiger partial charge in [0.15, 0.2) is 5.96 Å². The van der Waals surface area contributed by atoms with Crippen LogP contribution in [0.5, 0.6) is 0 Å². The van der Waals surface area contributed by atoms with Crippen LogP contribution in [0.2, 0.25) is 0 Å². The summed E-state index contributed by atoms with van der Waals surface area (Å²) in [6.45, 7) is 5.48. The highest BCUT2D eigenvalue weighted by Gasteiger charge is 2.07. The molecule has 0 saturated carbocycles. The van der Waals surface area contributed by atoms with E-state index in [4.69, 9.17) is 14.3 Å². The number of hydrogen-bond acceptors (Lipinski definition) is 5. The van der Waals surface area contributed by atoms with E-state index in [0.29, 0.717) is 25.7 Å². The van der Waals surface area contributed by atoms with Crippen LogP contribution < -0.4 is 15.8 Å². The normalized spacial score (nSPS) is 11.7. The van der Waals surface area contributed by atoms with Gasteiger partial charge in [0.25, 0.3) is 0 Å². The van der Waals surface area contributed by atoms with Gasteiger partial charge in [-0.15, -0.1) is 24.0 Å². The van der Waals surface area contributed by atoms with Crippen LogP contribution in [0.25, 0.3) is 0 Å². The van der Waals surface area contributed by atoms with Crippen LogP contribution in [-0.2, 0) is 27.7 Å². The number of nitrogens with two attached hydrogens (primary N) is 1. The molecule has 0 radical (unpaired) electrons. The van der Waals surface area contributed by atoms with Gasteiger partial charge >= 0.3 is 0 Å². The van der Waals surface area contributed by atoms with Gasteiger partial charge < -0.3 is 19.8 Å². The standard InChI is InChI=1S/C21H32N4O4S.HI/c1-2-3-14-28-15-5-12-23-21(24-13-11-19-6-4-16-29-19)25-17-18-7-9-20(10-8-18)30(22,26)27;/h4,6-10,16H,2-3,5,11-15,17H2,1H3,(H2,22,26,27)(H2,23,24,25);1H. The van der Waals surface area contributed by atoms with E-state index in [1.54, 1.807) is 18.4 Å². The van der Waals surface area contributed by atoms with Crippen LogP contribution in [0.3, 0.4) is 0 Å². The topological polar surface area (TPSA) is 119 Å². The molecule has 1 aromatic heterocycles. The van der Waals surface area contributed by atoms with Crippen molar-refractivity contribution in [2.75, 3.05) is 26.3 Å². The number of guanidine groups is 1. The number of halogens is 1. The maximum Gasteiger partial charge on any atom is 0.238 e. The largest absolute Gasteiger partial charge is 0.469 e. The van der Waals surface area contributed by atoms with Crippen molar-refractivity contribution in [3.63, 3.8) is 0 Å². The molecule has 2 aromatic rings. The Bertz CT molecular complexity index is 856. The average molecular weight is 564 g/mol. The third-order valence-corrected chi connectivity index (χ3v) is 5.24. The summed E-state index contributed by atoms with van der Waals surface area (Å²) in [7, 11) is -3.69. The fourth-order valence-corrected chi connectivity index (χ4v) is 3.13. The number of primary sulfonamides is 1. The lowest BCUT2D eigenvalue weighted by molar-refractivity contribution is 0.129. The van der Waals surface area contributed by atoms with Gasteiger partial charge in [0.2, 0.25) is 10.0 Å². The summed E-state index contributed by atoms with van der Waals surface area (Å²) in [6, 6.07) is 10.2. The summed E-state index contributed by atoms with van der Waals surface area (Å²) in [5.74, 6) is 1.59. The lowest BCUT2D eigenvalue weighted by atomic mass is 10.2. The summed E-state index contributed by atoms with van der Waals surface area (Å²) in [6.07, 6.45) is 5.50. The molecule has 0 spiro atoms. The third kappa shape index (κ3) is 11.5. The number of nitrogens with one attached hydrogen (secondary N) is 2. The lowest BCUT2D eigenvalue weighted by Gasteiger charge is -2.12. The number of furan rings is 1. The highest BCUT2D eigenvalue weighted by atomic mass is 127. The molecule has 10 heteroatoms. The molecule has 8 nitrogen and oxygen atoms in total. The zero-order valence-corrected chi connectivity index (χ0v) is 21.0. The van der Waals surface area contributed by atoms with Crippen LogP contribution in [0, 0.1) is 0 Å². The number of nitrogens with zero attached hydrogens (tertiary/aromatic N) is 1. The fraction of sp³-hybridized carbons (Fsp3) is 0.476. The van der Waals surface area contributed by atoms with Crippen molar-refractivity contribution in [2.45, 2.75) is 44.0 Å². The minimum atomic E-state index is -3.69. The molecule has 0 unspecified atom stereocenters. The van der Waals surface area contributed by atoms with Gasteiger partial charge in [0.1, 0.15) is 5.76 Å². The Morgan fingerprint density at radius 2 is 1.81 bits per heavy atom. The summed E-state index contributed by atoms with van der Waals surface area (Å²) >= 11 is 0. The highest BCUT2D eigenvalue weighted by Crippen LogP contribution is 2.09. The van der Waals surface area contributed by atoms with E-state index in [2.05, 4.69) is 22.5 Å². The SMILES string of the molecule is CCCCOCCCNC(=NCc1ccc(S(N)(=O)=O)cc1)NCCc1ccco1.I. The Morgan fingerprint density at radius 1 is 1.10 bits per heavy atom. The number of rotatable bonds is 13. The molecule has 0 atom stereocenters. The van der Waals surface area contributed by atoms with Crippen LogP contribution in [0.1, 0.15) is 37.5 Å². The Balaban J connectivity index is 0.00000480. The molecule has 0 aliphatic carbocycles. The molecule has 0 fully saturated rings. The van der Waals surface area contributed by atoms with Gasteiger partial charge in [-0.3, -0.25) is 0 Å². The van der Waals surface area contributed by atoms with Crippen molar-refractivity contribution in [3.05, 3.63) is 54.0 Å². The first kappa shape index (κ1) is 27.4. The van der Waals surface area contributed by atoms with Gasteiger partial charge in [-0.25, -0.2) is 18.5 Å². The van der Waals surface area contributed by atoms with Crippen molar-refractivity contribution >= 4 is 40.0 Å². The van der Waals surface area contributed by atoms with Crippen LogP contribution in [0.15, 0.2) is 57.0 Å². The van der Waals surface area contributed by atoms with Crippen molar-refractivity contribution in [2.24, 2.45) is 10.1 Å². The van der Waals surface area contributed by atoms with E-state index < -0.39 is 10.0 Å². The van der Waals surface area contributed by atoms with E-state index in [9.17, 15) is 8.42 Å². The predicted octanol–water partition coefficient (Wildman–Crippen LogP) is 3.03. The summed E-state index contributed by atoms with van der Waals surface area (Å²) < 4.78 is 33.7. The molecule has 0 aliphatic rings. The second-order valence-corrected chi connectivity index (χ2v) is 8.42. The smallest absolute Gasteiger partial charge is 0.238 e. The number of benzene rings is 1. The molecule has 1 heterocycles. The van der Waals surface area contributed by atoms with Crippen molar-refractivity contribution in [1.29, 1.82) is 0 Å². The molecular weight excluding hydrogens is 531 g/mol. The third-order valence-electron chi connectivity index (χ3n) is 4.32. The predicted molar refractivity (Wildman–Crippen MR) is 133 cm³/mol. The monoisotopic (exact) mass is 564 g/mol. The number of sulfonamides is 1. The Hall–Kier alpha value is -1.63. The molecule has 174 valence electrons. The molecule has 0 bridgehead atoms. The van der Waals surface area contributed by atoms with E-state index in [0.717, 1.165) is 50.2 Å². The summed E-state index contributed by atoms with van der Waals surface area (Å²) in [5.41, 5.74) is 0.887. The Kier molecular flexibility index (Phi) is 13.5. The van der Waals surface area contributed by atoms with Crippen LogP contribution in [0.4, 0.5) is 0 Å². The molecule has 1 aromatic carbocycles. The minimum Gasteiger partial charge on any atom is -0.469 e. The van der Waals surface area contributed by atoms with Gasteiger partial charge in [-0.1, -0.05) is 25.5 Å². The van der Waals surface area contributed by atoms with Gasteiger partial charge in [0, 0.05) is 32.7 Å². The number of ether oxygens (including phenoxy) is 1. The summed E-state index contributed by atoms with van der Waals surface area (Å²) in [4.78, 5) is 4.69. The molecular formula is C21H33IN4O4S.